The van der Waals surface area contributed by atoms with Gasteiger partial charge in [-0.05, 0) is 29.6 Å². The van der Waals surface area contributed by atoms with E-state index in [9.17, 15) is 5.11 Å². The first-order chi connectivity index (χ1) is 18.8. The molecule has 0 saturated heterocycles. The summed E-state index contributed by atoms with van der Waals surface area (Å²) in [7, 11) is 1.99. The van der Waals surface area contributed by atoms with E-state index < -0.39 is 18.0 Å². The van der Waals surface area contributed by atoms with Crippen LogP contribution in [0, 0.1) is 0 Å². The van der Waals surface area contributed by atoms with Crippen molar-refractivity contribution in [1.29, 1.82) is 0 Å². The van der Waals surface area contributed by atoms with E-state index in [0.717, 1.165) is 27.6 Å². The number of carboxylic acid groups (broad SMARTS) is 2. The van der Waals surface area contributed by atoms with Gasteiger partial charge in [0, 0.05) is 18.5 Å². The van der Waals surface area contributed by atoms with E-state index in [2.05, 4.69) is 41.3 Å². The molecule has 204 valence electrons. The number of ether oxygens (including phenoxy) is 2. The molecule has 0 radical (unpaired) electrons. The first kappa shape index (κ1) is 29.3. The summed E-state index contributed by atoms with van der Waals surface area (Å²) >= 11 is 0. The van der Waals surface area contributed by atoms with E-state index in [-0.39, 0.29) is 12.7 Å². The van der Waals surface area contributed by atoms with Crippen molar-refractivity contribution < 1.29 is 34.4 Å². The first-order valence-electron chi connectivity index (χ1n) is 12.5. The maximum absolute atomic E-state index is 10.5. The molecule has 4 aromatic rings. The van der Waals surface area contributed by atoms with Crippen LogP contribution >= 0.6 is 0 Å². The molecule has 0 aliphatic rings. The average Bonchev–Trinajstić information content (AvgIpc) is 2.95. The van der Waals surface area contributed by atoms with E-state index in [1.807, 2.05) is 73.8 Å². The van der Waals surface area contributed by atoms with Crippen LogP contribution in [0.4, 0.5) is 0 Å². The molecule has 8 heteroatoms. The van der Waals surface area contributed by atoms with Crippen molar-refractivity contribution in [2.75, 3.05) is 33.4 Å². The Bertz CT molecular complexity index is 1260. The second-order valence-corrected chi connectivity index (χ2v) is 8.89. The molecule has 4 aromatic carbocycles. The molecule has 3 N–H and O–H groups in total. The zero-order valence-electron chi connectivity index (χ0n) is 21.7. The highest BCUT2D eigenvalue weighted by Gasteiger charge is 2.15. The van der Waals surface area contributed by atoms with Crippen LogP contribution in [-0.4, -0.2) is 71.6 Å². The van der Waals surface area contributed by atoms with Gasteiger partial charge in [0.25, 0.3) is 0 Å². The van der Waals surface area contributed by atoms with Gasteiger partial charge in [0.15, 0.2) is 0 Å². The molecule has 0 aliphatic heterocycles. The zero-order valence-corrected chi connectivity index (χ0v) is 21.7. The third-order valence-corrected chi connectivity index (χ3v) is 5.85. The Kier molecular flexibility index (Phi) is 11.5. The van der Waals surface area contributed by atoms with Crippen LogP contribution in [0.25, 0.3) is 10.8 Å². The SMILES string of the molecule is CN(CCOC(c1ccccc1)c1ccccc1)CC(O)COc1cccc2ccccc12.O=C(O)C(=O)O. The Hall–Kier alpha value is -4.24. The van der Waals surface area contributed by atoms with Crippen molar-refractivity contribution in [3.8, 4) is 5.75 Å². The smallest absolute Gasteiger partial charge is 0.414 e. The molecule has 0 heterocycles. The molecule has 8 nitrogen and oxygen atoms in total. The lowest BCUT2D eigenvalue weighted by atomic mass is 10.0. The fourth-order valence-electron chi connectivity index (χ4n) is 3.98. The fraction of sp³-hybridized carbons (Fsp3) is 0.226. The van der Waals surface area contributed by atoms with Crippen LogP contribution in [0.15, 0.2) is 103 Å². The number of aliphatic hydroxyl groups excluding tert-OH is 1. The lowest BCUT2D eigenvalue weighted by molar-refractivity contribution is -0.159. The quantitative estimate of drug-likeness (QED) is 0.243. The van der Waals surface area contributed by atoms with Crippen LogP contribution in [0.1, 0.15) is 17.2 Å². The molecule has 0 aliphatic carbocycles. The average molecular weight is 532 g/mol. The van der Waals surface area contributed by atoms with Gasteiger partial charge < -0.3 is 29.7 Å². The monoisotopic (exact) mass is 531 g/mol. The maximum atomic E-state index is 10.5. The lowest BCUT2D eigenvalue weighted by Crippen LogP contribution is -2.35. The predicted octanol–water partition coefficient (Wildman–Crippen LogP) is 4.47. The number of aliphatic carboxylic acids is 2. The molecule has 0 spiro atoms. The largest absolute Gasteiger partial charge is 0.490 e. The highest BCUT2D eigenvalue weighted by atomic mass is 16.5. The van der Waals surface area contributed by atoms with Crippen molar-refractivity contribution in [3.63, 3.8) is 0 Å². The summed E-state index contributed by atoms with van der Waals surface area (Å²) in [5.41, 5.74) is 2.27. The summed E-state index contributed by atoms with van der Waals surface area (Å²) in [4.78, 5) is 20.3. The molecule has 0 amide bonds. The third-order valence-electron chi connectivity index (χ3n) is 5.85. The summed E-state index contributed by atoms with van der Waals surface area (Å²) < 4.78 is 12.2. The number of fused-ring (bicyclic) bond motifs is 1. The van der Waals surface area contributed by atoms with Crippen LogP contribution in [0.2, 0.25) is 0 Å². The number of hydrogen-bond donors (Lipinski definition) is 3. The van der Waals surface area contributed by atoms with E-state index in [1.165, 1.54) is 0 Å². The van der Waals surface area contributed by atoms with Crippen LogP contribution in [-0.2, 0) is 14.3 Å². The van der Waals surface area contributed by atoms with Crippen LogP contribution < -0.4 is 4.74 Å². The van der Waals surface area contributed by atoms with Gasteiger partial charge in [-0.1, -0.05) is 97.1 Å². The normalized spacial score (nSPS) is 11.6. The Morgan fingerprint density at radius 1 is 0.769 bits per heavy atom. The number of nitrogens with zero attached hydrogens (tertiary/aromatic N) is 1. The van der Waals surface area contributed by atoms with Gasteiger partial charge >= 0.3 is 11.9 Å². The molecular formula is C31H33NO7. The minimum Gasteiger partial charge on any atom is -0.490 e. The van der Waals surface area contributed by atoms with Gasteiger partial charge in [-0.2, -0.15) is 0 Å². The van der Waals surface area contributed by atoms with Crippen molar-refractivity contribution >= 4 is 22.7 Å². The topological polar surface area (TPSA) is 117 Å². The molecule has 39 heavy (non-hydrogen) atoms. The minimum atomic E-state index is -1.82. The number of benzene rings is 4. The first-order valence-corrected chi connectivity index (χ1v) is 12.5. The Balaban J connectivity index is 0.000000631. The van der Waals surface area contributed by atoms with Gasteiger partial charge in [0.1, 0.15) is 24.6 Å². The summed E-state index contributed by atoms with van der Waals surface area (Å²) in [6.07, 6.45) is -0.701. The molecular weight excluding hydrogens is 498 g/mol. The van der Waals surface area contributed by atoms with Crippen LogP contribution in [0.5, 0.6) is 5.75 Å². The molecule has 1 unspecified atom stereocenters. The Morgan fingerprint density at radius 2 is 1.31 bits per heavy atom. The van der Waals surface area contributed by atoms with Crippen molar-refractivity contribution in [2.45, 2.75) is 12.2 Å². The molecule has 0 saturated carbocycles. The number of hydrogen-bond acceptors (Lipinski definition) is 6. The molecule has 0 aromatic heterocycles. The second-order valence-electron chi connectivity index (χ2n) is 8.89. The van der Waals surface area contributed by atoms with Gasteiger partial charge in [0.2, 0.25) is 0 Å². The highest BCUT2D eigenvalue weighted by Crippen LogP contribution is 2.26. The summed E-state index contributed by atoms with van der Waals surface area (Å²) in [5, 5.41) is 27.5. The maximum Gasteiger partial charge on any atom is 0.414 e. The molecule has 0 bridgehead atoms. The van der Waals surface area contributed by atoms with Gasteiger partial charge in [-0.25, -0.2) is 9.59 Å². The van der Waals surface area contributed by atoms with Gasteiger partial charge in [0.05, 0.1) is 6.61 Å². The molecule has 1 atom stereocenters. The zero-order chi connectivity index (χ0) is 28.0. The number of carbonyl (C=O) groups is 2. The number of carboxylic acids is 2. The van der Waals surface area contributed by atoms with E-state index in [1.54, 1.807) is 0 Å². The summed E-state index contributed by atoms with van der Waals surface area (Å²) in [5.74, 6) is -2.85. The number of aliphatic hydroxyl groups is 1. The van der Waals surface area contributed by atoms with Crippen molar-refractivity contribution in [3.05, 3.63) is 114 Å². The fourth-order valence-corrected chi connectivity index (χ4v) is 3.98. The molecule has 0 fully saturated rings. The standard InChI is InChI=1S/C29H31NO3.C2H2O4/c1-30(21-26(31)22-33-28-18-10-16-23-11-8-9-17-27(23)28)19-20-32-29(24-12-4-2-5-13-24)25-14-6-3-7-15-25;3-1(4)2(5)6/h2-18,26,29,31H,19-22H2,1H3;(H,3,4)(H,5,6). The third kappa shape index (κ3) is 9.54. The highest BCUT2D eigenvalue weighted by molar-refractivity contribution is 6.27. The van der Waals surface area contributed by atoms with Gasteiger partial charge in [-0.15, -0.1) is 0 Å². The van der Waals surface area contributed by atoms with E-state index in [4.69, 9.17) is 29.3 Å². The second kappa shape index (κ2) is 15.2. The van der Waals surface area contributed by atoms with Crippen LogP contribution in [0.3, 0.4) is 0 Å². The summed E-state index contributed by atoms with van der Waals surface area (Å²) in [6, 6.07) is 34.6. The molecule has 4 rings (SSSR count). The van der Waals surface area contributed by atoms with Gasteiger partial charge in [-0.3, -0.25) is 0 Å². The Morgan fingerprint density at radius 3 is 1.90 bits per heavy atom. The van der Waals surface area contributed by atoms with Crippen molar-refractivity contribution in [2.24, 2.45) is 0 Å². The Labute approximate surface area is 227 Å². The van der Waals surface area contributed by atoms with Crippen molar-refractivity contribution in [1.82, 2.24) is 4.90 Å². The van der Waals surface area contributed by atoms with E-state index in [0.29, 0.717) is 19.7 Å². The summed E-state index contributed by atoms with van der Waals surface area (Å²) in [6.45, 7) is 2.02. The number of likely N-dealkylation sites (N-methyl/N-ethyl adjacent to an activating group) is 1. The minimum absolute atomic E-state index is 0.111. The number of rotatable bonds is 11. The predicted molar refractivity (Wildman–Crippen MR) is 149 cm³/mol. The lowest BCUT2D eigenvalue weighted by Gasteiger charge is -2.23. The van der Waals surface area contributed by atoms with E-state index >= 15 is 0 Å².